The van der Waals surface area contributed by atoms with Gasteiger partial charge in [0, 0.05) is 10.7 Å². The lowest BCUT2D eigenvalue weighted by Gasteiger charge is -2.22. The highest BCUT2D eigenvalue weighted by Gasteiger charge is 2.14. The molecular weight excluding hydrogens is 268 g/mol. The molecule has 0 aromatic heterocycles. The number of nitrogens with one attached hydrogen (secondary N) is 3. The SMILES string of the molecule is C[N+](C)(C)CC(=O)NNC(=O)Nc1ccc(Cl)cc1. The highest BCUT2D eigenvalue weighted by Crippen LogP contribution is 2.12. The highest BCUT2D eigenvalue weighted by atomic mass is 35.5. The molecule has 0 fully saturated rings. The van der Waals surface area contributed by atoms with Crippen molar-refractivity contribution in [2.24, 2.45) is 0 Å². The fraction of sp³-hybridized carbons (Fsp3) is 0.333. The molecule has 1 aromatic carbocycles. The van der Waals surface area contributed by atoms with Crippen LogP contribution in [0.2, 0.25) is 5.02 Å². The van der Waals surface area contributed by atoms with Crippen molar-refractivity contribution >= 4 is 29.2 Å². The number of rotatable bonds is 3. The molecule has 3 amide bonds. The second kappa shape index (κ2) is 6.40. The van der Waals surface area contributed by atoms with Gasteiger partial charge >= 0.3 is 6.03 Å². The zero-order valence-electron chi connectivity index (χ0n) is 11.2. The van der Waals surface area contributed by atoms with Gasteiger partial charge in [0.05, 0.1) is 21.1 Å². The van der Waals surface area contributed by atoms with Gasteiger partial charge < -0.3 is 9.80 Å². The van der Waals surface area contributed by atoms with Crippen LogP contribution in [-0.4, -0.2) is 44.1 Å². The molecule has 1 rings (SSSR count). The normalized spacial score (nSPS) is 10.7. The van der Waals surface area contributed by atoms with Crippen LogP contribution in [0.15, 0.2) is 24.3 Å². The minimum absolute atomic E-state index is 0.265. The van der Waals surface area contributed by atoms with Gasteiger partial charge in [-0.15, -0.1) is 0 Å². The van der Waals surface area contributed by atoms with Gasteiger partial charge in [0.25, 0.3) is 5.91 Å². The summed E-state index contributed by atoms with van der Waals surface area (Å²) in [4.78, 5) is 23.0. The average molecular weight is 286 g/mol. The standard InChI is InChI=1S/C12H17ClN4O2/c1-17(2,3)8-11(18)15-16-12(19)14-10-6-4-9(13)5-7-10/h4-7H,8H2,1-3H3,(H2-,14,15,16,18,19)/p+1. The zero-order valence-corrected chi connectivity index (χ0v) is 11.9. The third-order valence-electron chi connectivity index (χ3n) is 2.04. The van der Waals surface area contributed by atoms with Gasteiger partial charge in [-0.05, 0) is 24.3 Å². The van der Waals surface area contributed by atoms with E-state index in [9.17, 15) is 9.59 Å². The van der Waals surface area contributed by atoms with Crippen LogP contribution in [0, 0.1) is 0 Å². The Morgan fingerprint density at radius 2 is 1.68 bits per heavy atom. The number of nitrogens with zero attached hydrogens (tertiary/aromatic N) is 1. The quantitative estimate of drug-likeness (QED) is 0.577. The number of benzene rings is 1. The number of halogens is 1. The Balaban J connectivity index is 2.36. The highest BCUT2D eigenvalue weighted by molar-refractivity contribution is 6.30. The number of hydrogen-bond donors (Lipinski definition) is 3. The number of quaternary nitrogens is 1. The first-order chi connectivity index (χ1) is 8.76. The molecule has 0 bridgehead atoms. The van der Waals surface area contributed by atoms with Gasteiger partial charge in [-0.3, -0.25) is 10.2 Å². The summed E-state index contributed by atoms with van der Waals surface area (Å²) < 4.78 is 0.478. The molecule has 0 aliphatic rings. The minimum Gasteiger partial charge on any atom is -0.323 e. The summed E-state index contributed by atoms with van der Waals surface area (Å²) in [5.74, 6) is -0.265. The molecule has 7 heteroatoms. The maximum atomic E-state index is 11.5. The summed E-state index contributed by atoms with van der Waals surface area (Å²) in [7, 11) is 5.65. The predicted molar refractivity (Wildman–Crippen MR) is 74.6 cm³/mol. The van der Waals surface area contributed by atoms with Crippen molar-refractivity contribution in [3.05, 3.63) is 29.3 Å². The van der Waals surface area contributed by atoms with Gasteiger partial charge in [-0.1, -0.05) is 11.6 Å². The van der Waals surface area contributed by atoms with Crippen molar-refractivity contribution in [3.8, 4) is 0 Å². The Hall–Kier alpha value is -1.79. The number of carbonyl (C=O) groups excluding carboxylic acids is 2. The number of anilines is 1. The Morgan fingerprint density at radius 3 is 2.21 bits per heavy atom. The molecule has 0 radical (unpaired) electrons. The van der Waals surface area contributed by atoms with Crippen LogP contribution in [0.25, 0.3) is 0 Å². The van der Waals surface area contributed by atoms with E-state index in [0.717, 1.165) is 0 Å². The summed E-state index contributed by atoms with van der Waals surface area (Å²) in [5, 5.41) is 3.14. The maximum Gasteiger partial charge on any atom is 0.337 e. The number of hydrazine groups is 1. The van der Waals surface area contributed by atoms with Crippen molar-refractivity contribution in [1.29, 1.82) is 0 Å². The topological polar surface area (TPSA) is 70.2 Å². The molecular formula is C12H18ClN4O2+. The van der Waals surface area contributed by atoms with E-state index in [0.29, 0.717) is 15.2 Å². The van der Waals surface area contributed by atoms with Crippen molar-refractivity contribution in [1.82, 2.24) is 10.9 Å². The third kappa shape index (κ3) is 6.64. The van der Waals surface area contributed by atoms with E-state index in [1.807, 2.05) is 21.1 Å². The maximum absolute atomic E-state index is 11.5. The summed E-state index contributed by atoms with van der Waals surface area (Å²) in [6.07, 6.45) is 0. The van der Waals surface area contributed by atoms with Gasteiger partial charge in [0.1, 0.15) is 0 Å². The van der Waals surface area contributed by atoms with E-state index in [2.05, 4.69) is 16.2 Å². The van der Waals surface area contributed by atoms with Crippen LogP contribution in [0.5, 0.6) is 0 Å². The zero-order chi connectivity index (χ0) is 14.5. The van der Waals surface area contributed by atoms with E-state index in [1.165, 1.54) is 0 Å². The molecule has 0 atom stereocenters. The molecule has 6 nitrogen and oxygen atoms in total. The van der Waals surface area contributed by atoms with Gasteiger partial charge in [0.2, 0.25) is 0 Å². The Kier molecular flexibility index (Phi) is 5.14. The fourth-order valence-corrected chi connectivity index (χ4v) is 1.42. The Bertz CT molecular complexity index is 454. The van der Waals surface area contributed by atoms with Crippen LogP contribution >= 0.6 is 11.6 Å². The van der Waals surface area contributed by atoms with Gasteiger partial charge in [-0.2, -0.15) is 0 Å². The minimum atomic E-state index is -0.517. The smallest absolute Gasteiger partial charge is 0.323 e. The summed E-state index contributed by atoms with van der Waals surface area (Å²) in [6, 6.07) is 6.13. The lowest BCUT2D eigenvalue weighted by molar-refractivity contribution is -0.862. The number of urea groups is 1. The number of hydrogen-bond acceptors (Lipinski definition) is 2. The number of amides is 3. The first-order valence-electron chi connectivity index (χ1n) is 5.68. The molecule has 0 unspecified atom stereocenters. The molecule has 0 spiro atoms. The van der Waals surface area contributed by atoms with E-state index < -0.39 is 6.03 Å². The van der Waals surface area contributed by atoms with Crippen LogP contribution in [0.1, 0.15) is 0 Å². The second-order valence-electron chi connectivity index (χ2n) is 5.08. The van der Waals surface area contributed by atoms with Crippen LogP contribution < -0.4 is 16.2 Å². The molecule has 0 saturated heterocycles. The second-order valence-corrected chi connectivity index (χ2v) is 5.52. The lowest BCUT2D eigenvalue weighted by atomic mass is 10.3. The van der Waals surface area contributed by atoms with Crippen molar-refractivity contribution in [2.75, 3.05) is 33.0 Å². The molecule has 3 N–H and O–H groups in total. The first-order valence-corrected chi connectivity index (χ1v) is 6.06. The largest absolute Gasteiger partial charge is 0.337 e. The first kappa shape index (κ1) is 15.3. The predicted octanol–water partition coefficient (Wildman–Crippen LogP) is 1.20. The molecule has 0 saturated carbocycles. The van der Waals surface area contributed by atoms with Crippen LogP contribution in [0.4, 0.5) is 10.5 Å². The molecule has 0 aliphatic carbocycles. The van der Waals surface area contributed by atoms with E-state index in [4.69, 9.17) is 11.6 Å². The molecule has 1 aromatic rings. The van der Waals surface area contributed by atoms with Gasteiger partial charge in [0.15, 0.2) is 6.54 Å². The van der Waals surface area contributed by atoms with Crippen molar-refractivity contribution < 1.29 is 14.1 Å². The monoisotopic (exact) mass is 285 g/mol. The molecule has 104 valence electrons. The summed E-state index contributed by atoms with van der Waals surface area (Å²) in [5.41, 5.74) is 5.19. The van der Waals surface area contributed by atoms with Crippen LogP contribution in [-0.2, 0) is 4.79 Å². The van der Waals surface area contributed by atoms with Crippen molar-refractivity contribution in [2.45, 2.75) is 0 Å². The molecule has 0 heterocycles. The number of likely N-dealkylation sites (N-methyl/N-ethyl adjacent to an activating group) is 1. The molecule has 19 heavy (non-hydrogen) atoms. The van der Waals surface area contributed by atoms with Gasteiger partial charge in [-0.25, -0.2) is 10.2 Å². The lowest BCUT2D eigenvalue weighted by Crippen LogP contribution is -2.50. The summed E-state index contributed by atoms with van der Waals surface area (Å²) >= 11 is 5.73. The Morgan fingerprint density at radius 1 is 1.11 bits per heavy atom. The Labute approximate surface area is 117 Å². The van der Waals surface area contributed by atoms with E-state index in [-0.39, 0.29) is 12.5 Å². The fourth-order valence-electron chi connectivity index (χ4n) is 1.29. The number of carbonyl (C=O) groups is 2. The summed E-state index contributed by atoms with van der Waals surface area (Å²) in [6.45, 7) is 0.265. The average Bonchev–Trinajstić information content (AvgIpc) is 2.27. The van der Waals surface area contributed by atoms with E-state index >= 15 is 0 Å². The van der Waals surface area contributed by atoms with E-state index in [1.54, 1.807) is 24.3 Å². The van der Waals surface area contributed by atoms with Crippen molar-refractivity contribution in [3.63, 3.8) is 0 Å². The third-order valence-corrected chi connectivity index (χ3v) is 2.29. The molecule has 0 aliphatic heterocycles. The van der Waals surface area contributed by atoms with Crippen LogP contribution in [0.3, 0.4) is 0 Å².